The fourth-order valence-electron chi connectivity index (χ4n) is 4.76. The number of likely N-dealkylation sites (tertiary alicyclic amines) is 1. The van der Waals surface area contributed by atoms with Gasteiger partial charge >= 0.3 is 0 Å². The minimum absolute atomic E-state index is 0.196. The van der Waals surface area contributed by atoms with Gasteiger partial charge < -0.3 is 9.84 Å². The minimum atomic E-state index is -0.776. The Bertz CT molecular complexity index is 772. The van der Waals surface area contributed by atoms with Crippen LogP contribution in [0.1, 0.15) is 43.5 Å². The molecule has 0 bridgehead atoms. The van der Waals surface area contributed by atoms with Gasteiger partial charge in [0.05, 0.1) is 11.8 Å². The second-order valence-corrected chi connectivity index (χ2v) is 8.55. The van der Waals surface area contributed by atoms with Crippen LogP contribution in [-0.2, 0) is 12.1 Å². The Labute approximate surface area is 162 Å². The zero-order valence-electron chi connectivity index (χ0n) is 16.6. The number of aromatic nitrogens is 1. The predicted octanol–water partition coefficient (Wildman–Crippen LogP) is 3.91. The van der Waals surface area contributed by atoms with Crippen molar-refractivity contribution in [2.75, 3.05) is 13.1 Å². The maximum absolute atomic E-state index is 11.4. The molecule has 1 aliphatic carbocycles. The zero-order valence-corrected chi connectivity index (χ0v) is 16.6. The number of nitrogens with zero attached hydrogens (tertiary/aromatic N) is 2. The van der Waals surface area contributed by atoms with E-state index in [4.69, 9.17) is 4.74 Å². The Balaban J connectivity index is 1.43. The molecule has 4 nitrogen and oxygen atoms in total. The molecule has 2 fully saturated rings. The number of benzene rings is 1. The summed E-state index contributed by atoms with van der Waals surface area (Å²) in [7, 11) is 0. The van der Waals surface area contributed by atoms with Crippen LogP contribution in [0, 0.1) is 18.8 Å². The van der Waals surface area contributed by atoms with E-state index in [0.717, 1.165) is 49.5 Å². The highest BCUT2D eigenvalue weighted by Gasteiger charge is 2.52. The largest absolute Gasteiger partial charge is 0.491 e. The van der Waals surface area contributed by atoms with Gasteiger partial charge in [0.15, 0.2) is 0 Å². The van der Waals surface area contributed by atoms with Crippen LogP contribution in [0.2, 0.25) is 0 Å². The summed E-state index contributed by atoms with van der Waals surface area (Å²) in [5.41, 5.74) is 2.50. The summed E-state index contributed by atoms with van der Waals surface area (Å²) in [6, 6.07) is 12.5. The Kier molecular flexibility index (Phi) is 4.95. The first-order valence-corrected chi connectivity index (χ1v) is 10.1. The van der Waals surface area contributed by atoms with E-state index in [0.29, 0.717) is 5.92 Å². The molecular formula is C23H30N2O2. The lowest BCUT2D eigenvalue weighted by Gasteiger charge is -2.30. The Morgan fingerprint density at radius 3 is 2.63 bits per heavy atom. The quantitative estimate of drug-likeness (QED) is 0.872. The summed E-state index contributed by atoms with van der Waals surface area (Å²) in [4.78, 5) is 7.03. The van der Waals surface area contributed by atoms with Crippen molar-refractivity contribution in [3.63, 3.8) is 0 Å². The van der Waals surface area contributed by atoms with Crippen LogP contribution in [0.5, 0.6) is 5.75 Å². The maximum atomic E-state index is 11.4. The van der Waals surface area contributed by atoms with Gasteiger partial charge in [-0.3, -0.25) is 9.88 Å². The smallest absolute Gasteiger partial charge is 0.119 e. The maximum Gasteiger partial charge on any atom is 0.119 e. The average molecular weight is 367 g/mol. The third-order valence-corrected chi connectivity index (χ3v) is 6.08. The molecule has 1 saturated carbocycles. The molecule has 3 atom stereocenters. The average Bonchev–Trinajstić information content (AvgIpc) is 3.17. The monoisotopic (exact) mass is 366 g/mol. The van der Waals surface area contributed by atoms with Crippen LogP contribution in [0.15, 0.2) is 42.6 Å². The number of ether oxygens (including phenoxy) is 1. The van der Waals surface area contributed by atoms with Gasteiger partial charge in [0.2, 0.25) is 0 Å². The standard InChI is InChI=1S/C23H30N2O2/c1-16(2)27-20-7-5-18(6-8-20)13-25-14-19-10-11-23(26,21(19)15-25)22-9-4-17(3)12-24-22/h4-9,12,16,19,21,26H,10-11,13-15H2,1-3H3. The third-order valence-electron chi connectivity index (χ3n) is 6.08. The zero-order chi connectivity index (χ0) is 19.0. The number of pyridine rings is 1. The molecule has 4 heteroatoms. The van der Waals surface area contributed by atoms with Crippen molar-refractivity contribution in [3.8, 4) is 5.75 Å². The van der Waals surface area contributed by atoms with Crippen molar-refractivity contribution in [3.05, 3.63) is 59.4 Å². The van der Waals surface area contributed by atoms with E-state index in [9.17, 15) is 5.11 Å². The molecule has 4 rings (SSSR count). The van der Waals surface area contributed by atoms with Gasteiger partial charge in [0.1, 0.15) is 11.4 Å². The van der Waals surface area contributed by atoms with Gasteiger partial charge in [-0.15, -0.1) is 0 Å². The summed E-state index contributed by atoms with van der Waals surface area (Å²) in [5.74, 6) is 1.75. The van der Waals surface area contributed by atoms with E-state index in [1.807, 2.05) is 33.0 Å². The van der Waals surface area contributed by atoms with E-state index in [-0.39, 0.29) is 12.0 Å². The predicted molar refractivity (Wildman–Crippen MR) is 107 cm³/mol. The Morgan fingerprint density at radius 2 is 1.96 bits per heavy atom. The number of aliphatic hydroxyl groups is 1. The molecular weight excluding hydrogens is 336 g/mol. The van der Waals surface area contributed by atoms with Crippen LogP contribution in [0.25, 0.3) is 0 Å². The highest BCUT2D eigenvalue weighted by Crippen LogP contribution is 2.50. The van der Waals surface area contributed by atoms with E-state index < -0.39 is 5.60 Å². The summed E-state index contributed by atoms with van der Waals surface area (Å²) in [6.45, 7) is 9.03. The van der Waals surface area contributed by atoms with Gasteiger partial charge in [0.25, 0.3) is 0 Å². The normalized spacial score (nSPS) is 27.9. The topological polar surface area (TPSA) is 45.6 Å². The Hall–Kier alpha value is -1.91. The second kappa shape index (κ2) is 7.25. The highest BCUT2D eigenvalue weighted by molar-refractivity contribution is 5.28. The van der Waals surface area contributed by atoms with Crippen molar-refractivity contribution >= 4 is 0 Å². The number of fused-ring (bicyclic) bond motifs is 1. The molecule has 0 radical (unpaired) electrons. The van der Waals surface area contributed by atoms with E-state index >= 15 is 0 Å². The van der Waals surface area contributed by atoms with Crippen LogP contribution in [0.3, 0.4) is 0 Å². The second-order valence-electron chi connectivity index (χ2n) is 8.55. The summed E-state index contributed by atoms with van der Waals surface area (Å²) in [5, 5.41) is 11.4. The van der Waals surface area contributed by atoms with Crippen molar-refractivity contribution in [2.24, 2.45) is 11.8 Å². The molecule has 3 unspecified atom stereocenters. The molecule has 1 saturated heterocycles. The van der Waals surface area contributed by atoms with E-state index in [2.05, 4.69) is 40.2 Å². The number of aryl methyl sites for hydroxylation is 1. The molecule has 0 amide bonds. The van der Waals surface area contributed by atoms with E-state index in [1.54, 1.807) is 0 Å². The lowest BCUT2D eigenvalue weighted by Crippen LogP contribution is -2.35. The molecule has 0 spiro atoms. The SMILES string of the molecule is Cc1ccc(C2(O)CCC3CN(Cc4ccc(OC(C)C)cc4)CC32)nc1. The van der Waals surface area contributed by atoms with Crippen LogP contribution in [0.4, 0.5) is 0 Å². The van der Waals surface area contributed by atoms with Crippen LogP contribution >= 0.6 is 0 Å². The van der Waals surface area contributed by atoms with Crippen molar-refractivity contribution in [1.29, 1.82) is 0 Å². The van der Waals surface area contributed by atoms with Crippen molar-refractivity contribution < 1.29 is 9.84 Å². The van der Waals surface area contributed by atoms with Gasteiger partial charge in [-0.25, -0.2) is 0 Å². The summed E-state index contributed by atoms with van der Waals surface area (Å²) in [6.07, 6.45) is 3.97. The molecule has 2 heterocycles. The first-order valence-electron chi connectivity index (χ1n) is 10.1. The summed E-state index contributed by atoms with van der Waals surface area (Å²) < 4.78 is 5.73. The number of rotatable bonds is 5. The molecule has 1 aliphatic heterocycles. The summed E-state index contributed by atoms with van der Waals surface area (Å²) >= 11 is 0. The number of hydrogen-bond acceptors (Lipinski definition) is 4. The van der Waals surface area contributed by atoms with Crippen LogP contribution in [-0.4, -0.2) is 34.2 Å². The van der Waals surface area contributed by atoms with Gasteiger partial charge in [-0.1, -0.05) is 18.2 Å². The lowest BCUT2D eigenvalue weighted by atomic mass is 9.85. The molecule has 2 aromatic rings. The van der Waals surface area contributed by atoms with Gasteiger partial charge in [0, 0.05) is 31.7 Å². The first kappa shape index (κ1) is 18.5. The van der Waals surface area contributed by atoms with Crippen molar-refractivity contribution in [2.45, 2.75) is 51.9 Å². The molecule has 1 aromatic heterocycles. The molecule has 2 aliphatic rings. The third kappa shape index (κ3) is 3.74. The molecule has 1 N–H and O–H groups in total. The van der Waals surface area contributed by atoms with E-state index in [1.165, 1.54) is 5.56 Å². The molecule has 27 heavy (non-hydrogen) atoms. The van der Waals surface area contributed by atoms with Gasteiger partial charge in [-0.2, -0.15) is 0 Å². The first-order chi connectivity index (χ1) is 12.9. The lowest BCUT2D eigenvalue weighted by molar-refractivity contribution is -0.0108. The van der Waals surface area contributed by atoms with Crippen LogP contribution < -0.4 is 4.74 Å². The fraction of sp³-hybridized carbons (Fsp3) is 0.522. The molecule has 144 valence electrons. The highest BCUT2D eigenvalue weighted by atomic mass is 16.5. The molecule has 1 aromatic carbocycles. The minimum Gasteiger partial charge on any atom is -0.491 e. The van der Waals surface area contributed by atoms with Crippen molar-refractivity contribution in [1.82, 2.24) is 9.88 Å². The fourth-order valence-corrected chi connectivity index (χ4v) is 4.76. The van der Waals surface area contributed by atoms with Gasteiger partial charge in [-0.05, 0) is 68.9 Å². The number of hydrogen-bond donors (Lipinski definition) is 1. The Morgan fingerprint density at radius 1 is 1.19 bits per heavy atom.